The van der Waals surface area contributed by atoms with E-state index in [9.17, 15) is 4.79 Å². The fourth-order valence-corrected chi connectivity index (χ4v) is 1.84. The standard InChI is InChI=1S/C9H11N3O2S/c1-3-14-9(13)7-5(2)12-8(15-7)6(11)4-10/h4,10-11H,3H2,1-2H3. The number of esters is 1. The van der Waals surface area contributed by atoms with E-state index in [2.05, 4.69) is 4.98 Å². The number of thiazole rings is 1. The maximum absolute atomic E-state index is 11.4. The summed E-state index contributed by atoms with van der Waals surface area (Å²) in [7, 11) is 0. The number of ether oxygens (including phenoxy) is 1. The number of nitrogens with one attached hydrogen (secondary N) is 2. The van der Waals surface area contributed by atoms with E-state index in [1.54, 1.807) is 13.8 Å². The molecule has 1 aromatic rings. The van der Waals surface area contributed by atoms with Crippen molar-refractivity contribution < 1.29 is 9.53 Å². The molecule has 0 aliphatic heterocycles. The Bertz CT molecular complexity index is 411. The fourth-order valence-electron chi connectivity index (χ4n) is 0.959. The molecule has 15 heavy (non-hydrogen) atoms. The number of aryl methyl sites for hydroxylation is 1. The summed E-state index contributed by atoms with van der Waals surface area (Å²) in [5.41, 5.74) is 0.540. The van der Waals surface area contributed by atoms with E-state index in [-0.39, 0.29) is 5.71 Å². The first-order valence-corrected chi connectivity index (χ1v) is 5.15. The van der Waals surface area contributed by atoms with Gasteiger partial charge in [-0.15, -0.1) is 11.3 Å². The maximum Gasteiger partial charge on any atom is 0.350 e. The molecule has 0 amide bonds. The molecule has 5 nitrogen and oxygen atoms in total. The molecule has 0 unspecified atom stereocenters. The van der Waals surface area contributed by atoms with Crippen LogP contribution >= 0.6 is 11.3 Å². The van der Waals surface area contributed by atoms with Crippen molar-refractivity contribution in [3.05, 3.63) is 15.6 Å². The second-order valence-corrected chi connectivity index (χ2v) is 3.71. The molecule has 0 atom stereocenters. The van der Waals surface area contributed by atoms with Crippen molar-refractivity contribution in [3.63, 3.8) is 0 Å². The molecule has 0 aromatic carbocycles. The number of carbonyl (C=O) groups is 1. The van der Waals surface area contributed by atoms with Gasteiger partial charge >= 0.3 is 5.97 Å². The molecule has 0 fully saturated rings. The van der Waals surface area contributed by atoms with Crippen molar-refractivity contribution in [2.24, 2.45) is 0 Å². The third kappa shape index (κ3) is 2.47. The zero-order valence-electron chi connectivity index (χ0n) is 8.46. The Morgan fingerprint density at radius 3 is 2.87 bits per heavy atom. The molecule has 1 aromatic heterocycles. The van der Waals surface area contributed by atoms with Gasteiger partial charge in [0.15, 0.2) is 0 Å². The lowest BCUT2D eigenvalue weighted by atomic mass is 10.4. The molecule has 0 radical (unpaired) electrons. The van der Waals surface area contributed by atoms with Crippen LogP contribution in [0.3, 0.4) is 0 Å². The predicted molar refractivity (Wildman–Crippen MR) is 58.4 cm³/mol. The van der Waals surface area contributed by atoms with Crippen molar-refractivity contribution in [2.75, 3.05) is 6.61 Å². The van der Waals surface area contributed by atoms with Crippen molar-refractivity contribution >= 4 is 29.2 Å². The highest BCUT2D eigenvalue weighted by molar-refractivity contribution is 7.16. The molecule has 0 bridgehead atoms. The van der Waals surface area contributed by atoms with E-state index in [1.165, 1.54) is 0 Å². The number of aromatic nitrogens is 1. The van der Waals surface area contributed by atoms with Gasteiger partial charge in [-0.3, -0.25) is 5.41 Å². The van der Waals surface area contributed by atoms with E-state index in [1.807, 2.05) is 0 Å². The van der Waals surface area contributed by atoms with Gasteiger partial charge in [0.05, 0.1) is 12.3 Å². The molecule has 1 heterocycles. The SMILES string of the molecule is CCOC(=O)c1sc(C(=N)C=N)nc1C. The Hall–Kier alpha value is -1.56. The summed E-state index contributed by atoms with van der Waals surface area (Å²) in [5.74, 6) is -0.420. The summed E-state index contributed by atoms with van der Waals surface area (Å²) in [4.78, 5) is 15.8. The molecular weight excluding hydrogens is 214 g/mol. The van der Waals surface area contributed by atoms with Crippen LogP contribution in [0, 0.1) is 17.7 Å². The van der Waals surface area contributed by atoms with Gasteiger partial charge in [-0.05, 0) is 13.8 Å². The van der Waals surface area contributed by atoms with Crippen LogP contribution in [0.1, 0.15) is 27.3 Å². The molecule has 0 saturated carbocycles. The molecule has 6 heteroatoms. The Morgan fingerprint density at radius 2 is 2.33 bits per heavy atom. The molecule has 0 spiro atoms. The number of nitrogens with zero attached hydrogens (tertiary/aromatic N) is 1. The monoisotopic (exact) mass is 225 g/mol. The maximum atomic E-state index is 11.4. The Morgan fingerprint density at radius 1 is 1.67 bits per heavy atom. The zero-order chi connectivity index (χ0) is 11.4. The topological polar surface area (TPSA) is 86.9 Å². The number of hydrogen-bond acceptors (Lipinski definition) is 6. The van der Waals surface area contributed by atoms with Gasteiger partial charge in [0, 0.05) is 6.21 Å². The normalized spacial score (nSPS) is 9.73. The first kappa shape index (κ1) is 11.5. The number of hydrogen-bond donors (Lipinski definition) is 2. The van der Waals surface area contributed by atoms with Crippen LogP contribution in [0.5, 0.6) is 0 Å². The zero-order valence-corrected chi connectivity index (χ0v) is 9.27. The summed E-state index contributed by atoms with van der Waals surface area (Å²) in [6, 6.07) is 0. The average molecular weight is 225 g/mol. The summed E-state index contributed by atoms with van der Waals surface area (Å²) >= 11 is 1.08. The molecule has 2 N–H and O–H groups in total. The van der Waals surface area contributed by atoms with E-state index in [0.717, 1.165) is 17.6 Å². The second-order valence-electron chi connectivity index (χ2n) is 2.71. The van der Waals surface area contributed by atoms with Gasteiger partial charge in [-0.25, -0.2) is 9.78 Å². The summed E-state index contributed by atoms with van der Waals surface area (Å²) in [6.07, 6.45) is 0.896. The lowest BCUT2D eigenvalue weighted by Gasteiger charge is -1.97. The van der Waals surface area contributed by atoms with Gasteiger partial charge in [0.25, 0.3) is 0 Å². The van der Waals surface area contributed by atoms with Gasteiger partial charge in [-0.1, -0.05) is 0 Å². The summed E-state index contributed by atoms with van der Waals surface area (Å²) < 4.78 is 4.84. The molecule has 80 valence electrons. The minimum Gasteiger partial charge on any atom is -0.462 e. The minimum atomic E-state index is -0.420. The highest BCUT2D eigenvalue weighted by Gasteiger charge is 2.17. The van der Waals surface area contributed by atoms with E-state index in [4.69, 9.17) is 15.6 Å². The van der Waals surface area contributed by atoms with Crippen molar-refractivity contribution in [3.8, 4) is 0 Å². The van der Waals surface area contributed by atoms with Gasteiger partial charge in [0.1, 0.15) is 15.6 Å². The predicted octanol–water partition coefficient (Wildman–Crippen LogP) is 1.65. The van der Waals surface area contributed by atoms with Crippen molar-refractivity contribution in [1.29, 1.82) is 10.8 Å². The van der Waals surface area contributed by atoms with Crippen molar-refractivity contribution in [1.82, 2.24) is 4.98 Å². The molecule has 0 aliphatic rings. The average Bonchev–Trinajstić information content (AvgIpc) is 2.59. The smallest absolute Gasteiger partial charge is 0.350 e. The quantitative estimate of drug-likeness (QED) is 0.603. The highest BCUT2D eigenvalue weighted by atomic mass is 32.1. The lowest BCUT2D eigenvalue weighted by Crippen LogP contribution is -2.03. The van der Waals surface area contributed by atoms with Crippen LogP contribution in [0.25, 0.3) is 0 Å². The molecule has 0 aliphatic carbocycles. The van der Waals surface area contributed by atoms with E-state index < -0.39 is 5.97 Å². The van der Waals surface area contributed by atoms with Crippen LogP contribution in [0.2, 0.25) is 0 Å². The first-order valence-electron chi connectivity index (χ1n) is 4.34. The molecule has 1 rings (SSSR count). The van der Waals surface area contributed by atoms with E-state index in [0.29, 0.717) is 22.2 Å². The number of carbonyl (C=O) groups excluding carboxylic acids is 1. The van der Waals surface area contributed by atoms with Crippen LogP contribution < -0.4 is 0 Å². The highest BCUT2D eigenvalue weighted by Crippen LogP contribution is 2.19. The molecular formula is C9H11N3O2S. The van der Waals surface area contributed by atoms with E-state index >= 15 is 0 Å². The van der Waals surface area contributed by atoms with Gasteiger partial charge in [-0.2, -0.15) is 0 Å². The molecule has 0 saturated heterocycles. The third-order valence-corrected chi connectivity index (χ3v) is 2.80. The first-order chi connectivity index (χ1) is 7.10. The van der Waals surface area contributed by atoms with Crippen molar-refractivity contribution in [2.45, 2.75) is 13.8 Å². The van der Waals surface area contributed by atoms with Crippen LogP contribution in [-0.2, 0) is 4.74 Å². The second kappa shape index (κ2) is 4.79. The van der Waals surface area contributed by atoms with Gasteiger partial charge < -0.3 is 10.1 Å². The van der Waals surface area contributed by atoms with Gasteiger partial charge in [0.2, 0.25) is 0 Å². The summed E-state index contributed by atoms with van der Waals surface area (Å²) in [6.45, 7) is 3.73. The fraction of sp³-hybridized carbons (Fsp3) is 0.333. The Kier molecular flexibility index (Phi) is 3.68. The Balaban J connectivity index is 3.00. The number of rotatable bonds is 4. The van der Waals surface area contributed by atoms with Crippen LogP contribution in [-0.4, -0.2) is 29.5 Å². The lowest BCUT2D eigenvalue weighted by molar-refractivity contribution is 0.0531. The van der Waals surface area contributed by atoms with Crippen LogP contribution in [0.15, 0.2) is 0 Å². The largest absolute Gasteiger partial charge is 0.462 e. The summed E-state index contributed by atoms with van der Waals surface area (Å²) in [5, 5.41) is 14.7. The Labute approximate surface area is 91.1 Å². The minimum absolute atomic E-state index is 0.00125. The third-order valence-electron chi connectivity index (χ3n) is 1.63. The van der Waals surface area contributed by atoms with Crippen LogP contribution in [0.4, 0.5) is 0 Å².